The summed E-state index contributed by atoms with van der Waals surface area (Å²) in [6.07, 6.45) is 0. The monoisotopic (exact) mass is 344 g/mol. The summed E-state index contributed by atoms with van der Waals surface area (Å²) in [5.74, 6) is 0. The van der Waals surface area contributed by atoms with Crippen LogP contribution in [0.4, 0.5) is 0 Å². The van der Waals surface area contributed by atoms with Crippen LogP contribution in [0.2, 0.25) is 0 Å². The van der Waals surface area contributed by atoms with E-state index in [4.69, 9.17) is 11.5 Å². The van der Waals surface area contributed by atoms with Crippen LogP contribution in [0.5, 0.6) is 0 Å². The molecule has 0 aliphatic carbocycles. The van der Waals surface area contributed by atoms with E-state index in [0.29, 0.717) is 13.1 Å². The lowest BCUT2D eigenvalue weighted by atomic mass is 9.72. The summed E-state index contributed by atoms with van der Waals surface area (Å²) in [5, 5.41) is 0. The lowest BCUT2D eigenvalue weighted by Gasteiger charge is -2.33. The van der Waals surface area contributed by atoms with Gasteiger partial charge >= 0.3 is 0 Å². The molecule has 0 aliphatic rings. The first-order valence-corrected chi connectivity index (χ1v) is 9.17. The molecule has 134 valence electrons. The molecule has 3 rings (SSSR count). The Balaban J connectivity index is 2.10. The Labute approximate surface area is 156 Å². The molecule has 0 amide bonds. The topological polar surface area (TPSA) is 52.0 Å². The van der Waals surface area contributed by atoms with Crippen LogP contribution in [0.25, 0.3) is 0 Å². The van der Waals surface area contributed by atoms with E-state index in [9.17, 15) is 0 Å². The zero-order chi connectivity index (χ0) is 18.6. The normalized spacial score (nSPS) is 15.8. The summed E-state index contributed by atoms with van der Waals surface area (Å²) in [6, 6.07) is 29.7. The third kappa shape index (κ3) is 3.18. The van der Waals surface area contributed by atoms with Gasteiger partial charge in [0, 0.05) is 23.9 Å². The fourth-order valence-electron chi connectivity index (χ4n) is 3.62. The third-order valence-electron chi connectivity index (χ3n) is 5.78. The van der Waals surface area contributed by atoms with Gasteiger partial charge in [-0.2, -0.15) is 0 Å². The van der Waals surface area contributed by atoms with Crippen molar-refractivity contribution in [3.05, 3.63) is 107 Å². The number of hydrogen-bond acceptors (Lipinski definition) is 2. The first-order chi connectivity index (χ1) is 12.5. The second-order valence-electron chi connectivity index (χ2n) is 7.39. The summed E-state index contributed by atoms with van der Waals surface area (Å²) in [6.45, 7) is 5.52. The lowest BCUT2D eigenvalue weighted by Crippen LogP contribution is -2.35. The van der Waals surface area contributed by atoms with E-state index in [1.165, 1.54) is 22.3 Å². The third-order valence-corrected chi connectivity index (χ3v) is 5.78. The van der Waals surface area contributed by atoms with Crippen LogP contribution in [0.1, 0.15) is 36.1 Å². The van der Waals surface area contributed by atoms with Crippen molar-refractivity contribution < 1.29 is 0 Å². The van der Waals surface area contributed by atoms with Crippen LogP contribution in [0, 0.1) is 0 Å². The second kappa shape index (κ2) is 7.45. The van der Waals surface area contributed by atoms with E-state index in [-0.39, 0.29) is 10.8 Å². The highest BCUT2D eigenvalue weighted by atomic mass is 14.6. The predicted molar refractivity (Wildman–Crippen MR) is 110 cm³/mol. The number of nitrogens with two attached hydrogens (primary N) is 2. The Hall–Kier alpha value is -2.42. The molecule has 2 atom stereocenters. The van der Waals surface area contributed by atoms with Crippen molar-refractivity contribution in [1.82, 2.24) is 0 Å². The maximum atomic E-state index is 6.25. The van der Waals surface area contributed by atoms with Crippen molar-refractivity contribution in [3.63, 3.8) is 0 Å². The molecule has 3 aromatic carbocycles. The molecular weight excluding hydrogens is 316 g/mol. The molecule has 26 heavy (non-hydrogen) atoms. The Bertz CT molecular complexity index is 776. The minimum absolute atomic E-state index is 0.233. The van der Waals surface area contributed by atoms with Crippen molar-refractivity contribution in [3.8, 4) is 0 Å². The zero-order valence-electron chi connectivity index (χ0n) is 15.7. The molecule has 0 saturated carbocycles. The molecule has 3 aromatic rings. The minimum Gasteiger partial charge on any atom is -0.329 e. The highest BCUT2D eigenvalue weighted by Crippen LogP contribution is 2.36. The first-order valence-electron chi connectivity index (χ1n) is 9.17. The summed E-state index contributed by atoms with van der Waals surface area (Å²) in [5.41, 5.74) is 16.9. The Morgan fingerprint density at radius 2 is 0.885 bits per heavy atom. The standard InChI is InChI=1S/C24H28N2/c1-23(17-25,19-10-5-3-6-11-19)21-14-9-15-22(16-21)24(2,18-26)20-12-7-4-8-13-20/h3-16H,17-18,25-26H2,1-2H3. The van der Waals surface area contributed by atoms with Crippen molar-refractivity contribution >= 4 is 0 Å². The molecule has 0 radical (unpaired) electrons. The van der Waals surface area contributed by atoms with E-state index < -0.39 is 0 Å². The van der Waals surface area contributed by atoms with Gasteiger partial charge in [0.2, 0.25) is 0 Å². The summed E-state index contributed by atoms with van der Waals surface area (Å²) >= 11 is 0. The summed E-state index contributed by atoms with van der Waals surface area (Å²) < 4.78 is 0. The molecule has 2 heteroatoms. The second-order valence-corrected chi connectivity index (χ2v) is 7.39. The van der Waals surface area contributed by atoms with Gasteiger partial charge in [-0.05, 0) is 22.3 Å². The van der Waals surface area contributed by atoms with Crippen molar-refractivity contribution in [2.24, 2.45) is 11.5 Å². The number of hydrogen-bond donors (Lipinski definition) is 2. The molecule has 4 N–H and O–H groups in total. The SMILES string of the molecule is CC(CN)(c1ccccc1)c1cccc(C(C)(CN)c2ccccc2)c1. The average molecular weight is 345 g/mol. The van der Waals surface area contributed by atoms with Gasteiger partial charge < -0.3 is 11.5 Å². The van der Waals surface area contributed by atoms with Crippen LogP contribution < -0.4 is 11.5 Å². The molecule has 2 nitrogen and oxygen atoms in total. The molecule has 0 bridgehead atoms. The van der Waals surface area contributed by atoms with E-state index >= 15 is 0 Å². The van der Waals surface area contributed by atoms with Crippen LogP contribution in [0.15, 0.2) is 84.9 Å². The molecule has 0 aromatic heterocycles. The number of rotatable bonds is 6. The van der Waals surface area contributed by atoms with Crippen molar-refractivity contribution in [1.29, 1.82) is 0 Å². The van der Waals surface area contributed by atoms with Crippen molar-refractivity contribution in [2.45, 2.75) is 24.7 Å². The Morgan fingerprint density at radius 1 is 0.538 bits per heavy atom. The first kappa shape index (κ1) is 18.4. The maximum Gasteiger partial charge on any atom is 0.0297 e. The van der Waals surface area contributed by atoms with E-state index in [0.717, 1.165) is 0 Å². The lowest BCUT2D eigenvalue weighted by molar-refractivity contribution is 0.564. The van der Waals surface area contributed by atoms with Crippen molar-refractivity contribution in [2.75, 3.05) is 13.1 Å². The van der Waals surface area contributed by atoms with Gasteiger partial charge in [-0.3, -0.25) is 0 Å². The van der Waals surface area contributed by atoms with E-state index in [1.807, 2.05) is 12.1 Å². The fourth-order valence-corrected chi connectivity index (χ4v) is 3.62. The predicted octanol–water partition coefficient (Wildman–Crippen LogP) is 4.22. The van der Waals surface area contributed by atoms with Crippen LogP contribution in [-0.2, 0) is 10.8 Å². The highest BCUT2D eigenvalue weighted by molar-refractivity contribution is 5.45. The van der Waals surface area contributed by atoms with Gasteiger partial charge in [-0.15, -0.1) is 0 Å². The smallest absolute Gasteiger partial charge is 0.0297 e. The Morgan fingerprint density at radius 3 is 1.23 bits per heavy atom. The van der Waals surface area contributed by atoms with Gasteiger partial charge in [0.05, 0.1) is 0 Å². The van der Waals surface area contributed by atoms with Gasteiger partial charge in [0.1, 0.15) is 0 Å². The molecule has 0 heterocycles. The highest BCUT2D eigenvalue weighted by Gasteiger charge is 2.31. The van der Waals surface area contributed by atoms with Crippen LogP contribution in [0.3, 0.4) is 0 Å². The molecular formula is C24H28N2. The number of benzene rings is 3. The van der Waals surface area contributed by atoms with Crippen LogP contribution >= 0.6 is 0 Å². The van der Waals surface area contributed by atoms with Gasteiger partial charge in [0.25, 0.3) is 0 Å². The average Bonchev–Trinajstić information content (AvgIpc) is 2.74. The van der Waals surface area contributed by atoms with E-state index in [2.05, 4.69) is 86.6 Å². The van der Waals surface area contributed by atoms with Gasteiger partial charge in [0.15, 0.2) is 0 Å². The molecule has 2 unspecified atom stereocenters. The summed E-state index contributed by atoms with van der Waals surface area (Å²) in [4.78, 5) is 0. The fraction of sp³-hybridized carbons (Fsp3) is 0.250. The molecule has 0 spiro atoms. The molecule has 0 fully saturated rings. The zero-order valence-corrected chi connectivity index (χ0v) is 15.7. The maximum absolute atomic E-state index is 6.25. The molecule has 0 aliphatic heterocycles. The minimum atomic E-state index is -0.233. The van der Waals surface area contributed by atoms with Gasteiger partial charge in [-0.1, -0.05) is 98.8 Å². The van der Waals surface area contributed by atoms with Gasteiger partial charge in [-0.25, -0.2) is 0 Å². The summed E-state index contributed by atoms with van der Waals surface area (Å²) in [7, 11) is 0. The molecule has 0 saturated heterocycles. The quantitative estimate of drug-likeness (QED) is 0.703. The largest absolute Gasteiger partial charge is 0.329 e. The van der Waals surface area contributed by atoms with Crippen LogP contribution in [-0.4, -0.2) is 13.1 Å². The van der Waals surface area contributed by atoms with E-state index in [1.54, 1.807) is 0 Å². The Kier molecular flexibility index (Phi) is 5.26.